The molecule has 106 valence electrons. The Morgan fingerprint density at radius 3 is 2.47 bits per heavy atom. The van der Waals surface area contributed by atoms with E-state index in [1.54, 1.807) is 7.11 Å². The summed E-state index contributed by atoms with van der Waals surface area (Å²) in [6, 6.07) is 4.78. The van der Waals surface area contributed by atoms with Crippen LogP contribution < -0.4 is 15.4 Å². The number of nitrogens with one attached hydrogen (secondary N) is 2. The molecule has 1 aromatic rings. The summed E-state index contributed by atoms with van der Waals surface area (Å²) in [4.78, 5) is 0. The molecule has 0 saturated carbocycles. The Labute approximate surface area is 116 Å². The van der Waals surface area contributed by atoms with Crippen molar-refractivity contribution in [2.45, 2.75) is 32.7 Å². The quantitative estimate of drug-likeness (QED) is 0.875. The molecular formula is C16H26N2O. The average Bonchev–Trinajstić information content (AvgIpc) is 2.45. The monoisotopic (exact) mass is 262 g/mol. The van der Waals surface area contributed by atoms with Gasteiger partial charge in [-0.15, -0.1) is 0 Å². The highest BCUT2D eigenvalue weighted by Gasteiger charge is 2.25. The van der Waals surface area contributed by atoms with E-state index in [2.05, 4.69) is 43.7 Å². The molecule has 1 atom stereocenters. The van der Waals surface area contributed by atoms with Crippen LogP contribution in [0.4, 0.5) is 0 Å². The topological polar surface area (TPSA) is 33.3 Å². The van der Waals surface area contributed by atoms with E-state index >= 15 is 0 Å². The van der Waals surface area contributed by atoms with Gasteiger partial charge in [-0.25, -0.2) is 0 Å². The number of rotatable bonds is 4. The average molecular weight is 262 g/mol. The molecule has 0 radical (unpaired) electrons. The Balaban J connectivity index is 2.30. The van der Waals surface area contributed by atoms with Crippen LogP contribution in [-0.4, -0.2) is 27.2 Å². The molecule has 0 amide bonds. The second-order valence-corrected chi connectivity index (χ2v) is 5.46. The van der Waals surface area contributed by atoms with E-state index < -0.39 is 0 Å². The summed E-state index contributed by atoms with van der Waals surface area (Å²) in [5, 5.41) is 6.97. The van der Waals surface area contributed by atoms with Crippen LogP contribution in [0.3, 0.4) is 0 Å². The zero-order chi connectivity index (χ0) is 13.8. The highest BCUT2D eigenvalue weighted by atomic mass is 16.5. The van der Waals surface area contributed by atoms with Gasteiger partial charge in [-0.1, -0.05) is 6.07 Å². The fourth-order valence-electron chi connectivity index (χ4n) is 3.20. The van der Waals surface area contributed by atoms with Gasteiger partial charge in [-0.05, 0) is 75.5 Å². The van der Waals surface area contributed by atoms with Gasteiger partial charge in [0.1, 0.15) is 5.75 Å². The van der Waals surface area contributed by atoms with Gasteiger partial charge in [0.25, 0.3) is 0 Å². The summed E-state index contributed by atoms with van der Waals surface area (Å²) in [6.07, 6.45) is 2.49. The first-order chi connectivity index (χ1) is 9.19. The summed E-state index contributed by atoms with van der Waals surface area (Å²) in [5.41, 5.74) is 4.04. The molecular weight excluding hydrogens is 236 g/mol. The molecule has 2 N–H and O–H groups in total. The van der Waals surface area contributed by atoms with Crippen LogP contribution in [0, 0.1) is 19.8 Å². The van der Waals surface area contributed by atoms with Crippen molar-refractivity contribution in [3.8, 4) is 5.75 Å². The minimum Gasteiger partial charge on any atom is -0.496 e. The van der Waals surface area contributed by atoms with E-state index in [-0.39, 0.29) is 0 Å². The molecule has 3 nitrogen and oxygen atoms in total. The summed E-state index contributed by atoms with van der Waals surface area (Å²) < 4.78 is 5.41. The third-order valence-electron chi connectivity index (χ3n) is 4.50. The van der Waals surface area contributed by atoms with E-state index in [0.29, 0.717) is 6.04 Å². The number of ether oxygens (including phenoxy) is 1. The van der Waals surface area contributed by atoms with E-state index in [9.17, 15) is 0 Å². The molecule has 0 aromatic heterocycles. The maximum atomic E-state index is 5.41. The smallest absolute Gasteiger partial charge is 0.122 e. The second kappa shape index (κ2) is 6.40. The Morgan fingerprint density at radius 1 is 1.21 bits per heavy atom. The van der Waals surface area contributed by atoms with Gasteiger partial charge in [0.15, 0.2) is 0 Å². The van der Waals surface area contributed by atoms with Crippen molar-refractivity contribution in [1.29, 1.82) is 0 Å². The standard InChI is InChI=1S/C16H26N2O/c1-11-12(2)15(19-4)6-5-14(11)16(17-3)13-7-9-18-10-8-13/h5-6,13,16-18H,7-10H2,1-4H3. The van der Waals surface area contributed by atoms with Gasteiger partial charge in [0.05, 0.1) is 7.11 Å². The normalized spacial score (nSPS) is 18.3. The third kappa shape index (κ3) is 2.93. The predicted molar refractivity (Wildman–Crippen MR) is 79.9 cm³/mol. The van der Waals surface area contributed by atoms with Gasteiger partial charge in [-0.3, -0.25) is 0 Å². The SMILES string of the molecule is CNC(c1ccc(OC)c(C)c1C)C1CCNCC1. The summed E-state index contributed by atoms with van der Waals surface area (Å²) in [6.45, 7) is 6.62. The first-order valence-electron chi connectivity index (χ1n) is 7.21. The molecule has 1 aliphatic heterocycles. The molecule has 1 heterocycles. The van der Waals surface area contributed by atoms with Gasteiger partial charge in [-0.2, -0.15) is 0 Å². The van der Waals surface area contributed by atoms with Crippen molar-refractivity contribution in [3.63, 3.8) is 0 Å². The van der Waals surface area contributed by atoms with Crippen molar-refractivity contribution in [2.24, 2.45) is 5.92 Å². The summed E-state index contributed by atoms with van der Waals surface area (Å²) in [7, 11) is 3.81. The first-order valence-corrected chi connectivity index (χ1v) is 7.21. The Bertz CT molecular complexity index is 425. The maximum Gasteiger partial charge on any atom is 0.122 e. The lowest BCUT2D eigenvalue weighted by molar-refractivity contribution is 0.293. The maximum absolute atomic E-state index is 5.41. The van der Waals surface area contributed by atoms with Crippen molar-refractivity contribution in [3.05, 3.63) is 28.8 Å². The van der Waals surface area contributed by atoms with Crippen molar-refractivity contribution < 1.29 is 4.74 Å². The highest BCUT2D eigenvalue weighted by molar-refractivity contribution is 5.45. The molecule has 1 aromatic carbocycles. The fourth-order valence-corrected chi connectivity index (χ4v) is 3.20. The zero-order valence-corrected chi connectivity index (χ0v) is 12.5. The van der Waals surface area contributed by atoms with Gasteiger partial charge in [0.2, 0.25) is 0 Å². The van der Waals surface area contributed by atoms with Crippen LogP contribution in [0.2, 0.25) is 0 Å². The number of benzene rings is 1. The summed E-state index contributed by atoms with van der Waals surface area (Å²) >= 11 is 0. The number of hydrogen-bond donors (Lipinski definition) is 2. The van der Waals surface area contributed by atoms with Crippen molar-refractivity contribution >= 4 is 0 Å². The van der Waals surface area contributed by atoms with Crippen LogP contribution in [0.25, 0.3) is 0 Å². The van der Waals surface area contributed by atoms with Crippen LogP contribution in [0.15, 0.2) is 12.1 Å². The molecule has 0 aliphatic carbocycles. The third-order valence-corrected chi connectivity index (χ3v) is 4.50. The Kier molecular flexibility index (Phi) is 4.83. The van der Waals surface area contributed by atoms with E-state index in [0.717, 1.165) is 24.8 Å². The molecule has 3 heteroatoms. The Hall–Kier alpha value is -1.06. The Morgan fingerprint density at radius 2 is 1.89 bits per heavy atom. The second-order valence-electron chi connectivity index (χ2n) is 5.46. The lowest BCUT2D eigenvalue weighted by Crippen LogP contribution is -2.35. The zero-order valence-electron chi connectivity index (χ0n) is 12.5. The van der Waals surface area contributed by atoms with E-state index in [1.807, 2.05) is 0 Å². The molecule has 1 fully saturated rings. The number of piperidine rings is 1. The lowest BCUT2D eigenvalue weighted by Gasteiger charge is -2.32. The number of hydrogen-bond acceptors (Lipinski definition) is 3. The van der Waals surface area contributed by atoms with Gasteiger partial charge >= 0.3 is 0 Å². The largest absolute Gasteiger partial charge is 0.496 e. The predicted octanol–water partition coefficient (Wildman–Crippen LogP) is 2.57. The number of methoxy groups -OCH3 is 1. The van der Waals surface area contributed by atoms with Gasteiger partial charge < -0.3 is 15.4 Å². The van der Waals surface area contributed by atoms with Crippen molar-refractivity contribution in [2.75, 3.05) is 27.2 Å². The molecule has 1 aliphatic rings. The molecule has 1 unspecified atom stereocenters. The van der Waals surface area contributed by atoms with Crippen LogP contribution in [0.1, 0.15) is 35.6 Å². The fraction of sp³-hybridized carbons (Fsp3) is 0.625. The first kappa shape index (κ1) is 14.4. The minimum absolute atomic E-state index is 0.451. The molecule has 1 saturated heterocycles. The van der Waals surface area contributed by atoms with Crippen LogP contribution >= 0.6 is 0 Å². The van der Waals surface area contributed by atoms with E-state index in [1.165, 1.54) is 29.5 Å². The van der Waals surface area contributed by atoms with E-state index in [4.69, 9.17) is 4.74 Å². The van der Waals surface area contributed by atoms with Crippen LogP contribution in [0.5, 0.6) is 5.75 Å². The summed E-state index contributed by atoms with van der Waals surface area (Å²) in [5.74, 6) is 1.71. The molecule has 19 heavy (non-hydrogen) atoms. The molecule has 2 rings (SSSR count). The van der Waals surface area contributed by atoms with Crippen LogP contribution in [-0.2, 0) is 0 Å². The highest BCUT2D eigenvalue weighted by Crippen LogP contribution is 2.34. The van der Waals surface area contributed by atoms with Gasteiger partial charge in [0, 0.05) is 6.04 Å². The molecule has 0 spiro atoms. The molecule has 0 bridgehead atoms. The lowest BCUT2D eigenvalue weighted by atomic mass is 9.83. The van der Waals surface area contributed by atoms with Crippen molar-refractivity contribution in [1.82, 2.24) is 10.6 Å². The minimum atomic E-state index is 0.451.